The number of nitrogens with zero attached hydrogens (tertiary/aromatic N) is 3. The molecule has 0 spiro atoms. The lowest BCUT2D eigenvalue weighted by Gasteiger charge is -2.34. The maximum Gasteiger partial charge on any atom is 0.259 e. The Morgan fingerprint density at radius 1 is 1.42 bits per heavy atom. The van der Waals surface area contributed by atoms with Crippen molar-refractivity contribution < 1.29 is 9.32 Å². The van der Waals surface area contributed by atoms with Crippen LogP contribution in [-0.4, -0.2) is 40.1 Å². The molecule has 0 radical (unpaired) electrons. The van der Waals surface area contributed by atoms with Gasteiger partial charge in [0.1, 0.15) is 0 Å². The van der Waals surface area contributed by atoms with E-state index in [-0.39, 0.29) is 17.9 Å². The Morgan fingerprint density at radius 2 is 2.17 bits per heavy atom. The molecule has 2 aromatic heterocycles. The van der Waals surface area contributed by atoms with Crippen molar-refractivity contribution in [1.29, 1.82) is 0 Å². The lowest BCUT2D eigenvalue weighted by atomic mass is 9.91. The molecule has 2 aromatic rings. The minimum absolute atomic E-state index is 0.0287. The normalized spacial score (nSPS) is 19.9. The number of aryl methyl sites for hydroxylation is 1. The Balaban J connectivity index is 2.01. The third kappa shape index (κ3) is 3.02. The topological polar surface area (TPSA) is 85.2 Å². The summed E-state index contributed by atoms with van der Waals surface area (Å²) < 4.78 is 5.38. The van der Waals surface area contributed by atoms with Crippen molar-refractivity contribution >= 4 is 17.0 Å². The number of piperidine rings is 1. The molecule has 1 amide bonds. The van der Waals surface area contributed by atoms with E-state index in [1.54, 1.807) is 0 Å². The van der Waals surface area contributed by atoms with E-state index in [1.807, 2.05) is 38.7 Å². The summed E-state index contributed by atoms with van der Waals surface area (Å²) >= 11 is 0. The van der Waals surface area contributed by atoms with Gasteiger partial charge in [0.2, 0.25) is 0 Å². The summed E-state index contributed by atoms with van der Waals surface area (Å²) in [4.78, 5) is 19.5. The van der Waals surface area contributed by atoms with Gasteiger partial charge < -0.3 is 15.2 Å². The molecule has 2 unspecified atom stereocenters. The monoisotopic (exact) mass is 330 g/mol. The Kier molecular flexibility index (Phi) is 4.58. The first-order chi connectivity index (χ1) is 11.4. The molecule has 130 valence electrons. The molecule has 0 saturated carbocycles. The molecule has 3 rings (SSSR count). The molecular weight excluding hydrogens is 304 g/mol. The fourth-order valence-electron chi connectivity index (χ4n) is 3.45. The average molecular weight is 330 g/mol. The van der Waals surface area contributed by atoms with Gasteiger partial charge in [0.15, 0.2) is 0 Å². The van der Waals surface area contributed by atoms with Crippen molar-refractivity contribution in [3.63, 3.8) is 0 Å². The Morgan fingerprint density at radius 3 is 2.83 bits per heavy atom. The van der Waals surface area contributed by atoms with Gasteiger partial charge >= 0.3 is 0 Å². The van der Waals surface area contributed by atoms with Gasteiger partial charge in [-0.05, 0) is 44.6 Å². The van der Waals surface area contributed by atoms with Crippen LogP contribution in [0.2, 0.25) is 0 Å². The number of rotatable bonds is 3. The van der Waals surface area contributed by atoms with Crippen LogP contribution < -0.4 is 5.73 Å². The number of fused-ring (bicyclic) bond motifs is 1. The lowest BCUT2D eigenvalue weighted by molar-refractivity contribution is 0.0662. The number of amides is 1. The van der Waals surface area contributed by atoms with Crippen LogP contribution in [0.15, 0.2) is 10.6 Å². The predicted octanol–water partition coefficient (Wildman–Crippen LogP) is 2.85. The molecule has 2 atom stereocenters. The second kappa shape index (κ2) is 6.51. The van der Waals surface area contributed by atoms with Crippen molar-refractivity contribution in [3.8, 4) is 0 Å². The first kappa shape index (κ1) is 16.9. The molecule has 0 bridgehead atoms. The van der Waals surface area contributed by atoms with Crippen LogP contribution in [0.4, 0.5) is 0 Å². The maximum atomic E-state index is 13.2. The highest BCUT2D eigenvalue weighted by molar-refractivity contribution is 6.06. The zero-order chi connectivity index (χ0) is 17.4. The number of aromatic nitrogens is 2. The Hall–Kier alpha value is -1.95. The molecule has 1 fully saturated rings. The highest BCUT2D eigenvalue weighted by Crippen LogP contribution is 2.29. The van der Waals surface area contributed by atoms with E-state index in [2.05, 4.69) is 10.1 Å². The number of hydrogen-bond acceptors (Lipinski definition) is 5. The minimum Gasteiger partial charge on any atom is -0.338 e. The summed E-state index contributed by atoms with van der Waals surface area (Å²) in [6.45, 7) is 9.45. The molecule has 0 aliphatic carbocycles. The highest BCUT2D eigenvalue weighted by Gasteiger charge is 2.29. The zero-order valence-corrected chi connectivity index (χ0v) is 14.9. The van der Waals surface area contributed by atoms with Gasteiger partial charge in [-0.15, -0.1) is 0 Å². The van der Waals surface area contributed by atoms with Crippen molar-refractivity contribution in [2.24, 2.45) is 11.7 Å². The average Bonchev–Trinajstić information content (AvgIpc) is 2.97. The fourth-order valence-corrected chi connectivity index (χ4v) is 3.45. The second-order valence-corrected chi connectivity index (χ2v) is 7.23. The van der Waals surface area contributed by atoms with Crippen LogP contribution in [0.5, 0.6) is 0 Å². The van der Waals surface area contributed by atoms with E-state index in [4.69, 9.17) is 10.3 Å². The molecule has 1 aliphatic rings. The van der Waals surface area contributed by atoms with Gasteiger partial charge in [-0.1, -0.05) is 19.0 Å². The Labute approximate surface area is 142 Å². The number of nitrogens with two attached hydrogens (primary N) is 1. The van der Waals surface area contributed by atoms with Gasteiger partial charge in [0, 0.05) is 24.8 Å². The minimum atomic E-state index is 0.0287. The van der Waals surface area contributed by atoms with Crippen LogP contribution >= 0.6 is 0 Å². The van der Waals surface area contributed by atoms with Crippen LogP contribution in [0, 0.1) is 12.8 Å². The SMILES string of the molecule is Cc1cc(C(=O)N2CCCC(C(C)N)C2)c2c(C(C)C)noc2n1. The van der Waals surface area contributed by atoms with E-state index in [0.717, 1.165) is 36.2 Å². The number of carbonyl (C=O) groups excluding carboxylic acids is 1. The fraction of sp³-hybridized carbons (Fsp3) is 0.611. The Bertz CT molecular complexity index is 751. The first-order valence-electron chi connectivity index (χ1n) is 8.70. The largest absolute Gasteiger partial charge is 0.338 e. The van der Waals surface area contributed by atoms with Gasteiger partial charge in [-0.25, -0.2) is 4.98 Å². The summed E-state index contributed by atoms with van der Waals surface area (Å²) in [5.41, 5.74) is 8.71. The summed E-state index contributed by atoms with van der Waals surface area (Å²) in [6.07, 6.45) is 2.07. The molecular formula is C18H26N4O2. The van der Waals surface area contributed by atoms with Gasteiger partial charge in [0.05, 0.1) is 16.6 Å². The molecule has 6 nitrogen and oxygen atoms in total. The molecule has 1 aliphatic heterocycles. The molecule has 2 N–H and O–H groups in total. The standard InChI is InChI=1S/C18H26N4O2/c1-10(2)16-15-14(8-11(3)20-17(15)24-21-16)18(23)22-7-5-6-13(9-22)12(4)19/h8,10,12-13H,5-7,9,19H2,1-4H3. The third-order valence-corrected chi connectivity index (χ3v) is 4.87. The van der Waals surface area contributed by atoms with Crippen LogP contribution in [-0.2, 0) is 0 Å². The van der Waals surface area contributed by atoms with Crippen molar-refractivity contribution in [1.82, 2.24) is 15.0 Å². The third-order valence-electron chi connectivity index (χ3n) is 4.87. The number of carbonyl (C=O) groups is 1. The van der Waals surface area contributed by atoms with E-state index < -0.39 is 0 Å². The number of hydrogen-bond donors (Lipinski definition) is 1. The molecule has 3 heterocycles. The smallest absolute Gasteiger partial charge is 0.259 e. The highest BCUT2D eigenvalue weighted by atomic mass is 16.5. The molecule has 0 aromatic carbocycles. The second-order valence-electron chi connectivity index (χ2n) is 7.23. The van der Waals surface area contributed by atoms with Crippen molar-refractivity contribution in [2.45, 2.75) is 52.5 Å². The first-order valence-corrected chi connectivity index (χ1v) is 8.70. The van der Waals surface area contributed by atoms with E-state index in [0.29, 0.717) is 23.7 Å². The van der Waals surface area contributed by atoms with Crippen LogP contribution in [0.25, 0.3) is 11.1 Å². The molecule has 24 heavy (non-hydrogen) atoms. The summed E-state index contributed by atoms with van der Waals surface area (Å²) in [5, 5.41) is 4.89. The molecule has 6 heteroatoms. The van der Waals surface area contributed by atoms with Crippen LogP contribution in [0.1, 0.15) is 61.3 Å². The predicted molar refractivity (Wildman–Crippen MR) is 92.9 cm³/mol. The summed E-state index contributed by atoms with van der Waals surface area (Å²) in [7, 11) is 0. The van der Waals surface area contributed by atoms with E-state index in [1.165, 1.54) is 0 Å². The quantitative estimate of drug-likeness (QED) is 0.935. The van der Waals surface area contributed by atoms with E-state index >= 15 is 0 Å². The zero-order valence-electron chi connectivity index (χ0n) is 14.9. The van der Waals surface area contributed by atoms with Gasteiger partial charge in [0.25, 0.3) is 11.6 Å². The van der Waals surface area contributed by atoms with Gasteiger partial charge in [-0.2, -0.15) is 0 Å². The van der Waals surface area contributed by atoms with E-state index in [9.17, 15) is 4.79 Å². The lowest BCUT2D eigenvalue weighted by Crippen LogP contribution is -2.45. The number of likely N-dealkylation sites (tertiary alicyclic amines) is 1. The number of pyridine rings is 1. The van der Waals surface area contributed by atoms with Crippen molar-refractivity contribution in [3.05, 3.63) is 23.0 Å². The molecule has 1 saturated heterocycles. The van der Waals surface area contributed by atoms with Crippen molar-refractivity contribution in [2.75, 3.05) is 13.1 Å². The van der Waals surface area contributed by atoms with Gasteiger partial charge in [-0.3, -0.25) is 4.79 Å². The maximum absolute atomic E-state index is 13.2. The van der Waals surface area contributed by atoms with Crippen LogP contribution in [0.3, 0.4) is 0 Å². The summed E-state index contributed by atoms with van der Waals surface area (Å²) in [6, 6.07) is 1.95. The summed E-state index contributed by atoms with van der Waals surface area (Å²) in [5.74, 6) is 0.551.